The second kappa shape index (κ2) is 9.67. The number of carbonyl (C=O) groups is 3. The van der Waals surface area contributed by atoms with Gasteiger partial charge in [-0.1, -0.05) is 42.5 Å². The molecule has 1 atom stereocenters. The Morgan fingerprint density at radius 2 is 1.76 bits per heavy atom. The van der Waals surface area contributed by atoms with E-state index >= 15 is 0 Å². The molecule has 0 saturated carbocycles. The van der Waals surface area contributed by atoms with E-state index in [1.54, 1.807) is 0 Å². The highest BCUT2D eigenvalue weighted by molar-refractivity contribution is 5.97. The molecule has 2 aromatic rings. The number of fused-ring (bicyclic) bond motifs is 2. The number of Topliss-reactive ketones (excluding diaryl/α,β-unsaturated/α-hetero) is 2. The molecular weight excluding hydrogens is 424 g/mol. The second-order valence-corrected chi connectivity index (χ2v) is 10.0. The molecule has 3 aliphatic rings. The zero-order valence-electron chi connectivity index (χ0n) is 19.6. The minimum Gasteiger partial charge on any atom is -0.341 e. The average molecular weight is 457 g/mol. The molecule has 5 rings (SSSR count). The molecule has 0 unspecified atom stereocenters. The van der Waals surface area contributed by atoms with Gasteiger partial charge in [0.1, 0.15) is 5.78 Å². The van der Waals surface area contributed by atoms with E-state index in [0.717, 1.165) is 42.4 Å². The lowest BCUT2D eigenvalue weighted by Crippen LogP contribution is -2.47. The summed E-state index contributed by atoms with van der Waals surface area (Å²) in [6.07, 6.45) is 7.82. The molecule has 2 N–H and O–H groups in total. The molecule has 1 fully saturated rings. The van der Waals surface area contributed by atoms with Gasteiger partial charge in [0.25, 0.3) is 0 Å². The first kappa shape index (κ1) is 22.7. The predicted molar refractivity (Wildman–Crippen MR) is 132 cm³/mol. The van der Waals surface area contributed by atoms with Gasteiger partial charge in [-0.15, -0.1) is 0 Å². The number of ketones is 2. The van der Waals surface area contributed by atoms with Crippen LogP contribution in [0.3, 0.4) is 0 Å². The summed E-state index contributed by atoms with van der Waals surface area (Å²) in [4.78, 5) is 39.2. The number of piperidine rings is 1. The highest BCUT2D eigenvalue weighted by Crippen LogP contribution is 2.31. The lowest BCUT2D eigenvalue weighted by molar-refractivity contribution is -0.133. The first-order chi connectivity index (χ1) is 16.5. The number of nitrogens with zero attached hydrogens (tertiary/aromatic N) is 1. The number of nitrogens with two attached hydrogens (primary N) is 1. The summed E-state index contributed by atoms with van der Waals surface area (Å²) >= 11 is 0. The zero-order chi connectivity index (χ0) is 23.7. The molecule has 1 amide bonds. The van der Waals surface area contributed by atoms with Crippen molar-refractivity contribution < 1.29 is 14.4 Å². The molecule has 1 saturated heterocycles. The Morgan fingerprint density at radius 3 is 2.59 bits per heavy atom. The van der Waals surface area contributed by atoms with Gasteiger partial charge in [-0.3, -0.25) is 14.4 Å². The fourth-order valence-corrected chi connectivity index (χ4v) is 5.65. The fraction of sp³-hybridized carbons (Fsp3) is 0.414. The van der Waals surface area contributed by atoms with Gasteiger partial charge in [-0.2, -0.15) is 0 Å². The summed E-state index contributed by atoms with van der Waals surface area (Å²) in [6.45, 7) is 1.42. The first-order valence-electron chi connectivity index (χ1n) is 12.5. The molecule has 0 aromatic heterocycles. The smallest absolute Gasteiger partial charge is 0.239 e. The molecule has 2 aliphatic carbocycles. The van der Waals surface area contributed by atoms with Gasteiger partial charge in [-0.05, 0) is 71.9 Å². The van der Waals surface area contributed by atoms with Gasteiger partial charge in [0.05, 0.1) is 6.04 Å². The van der Waals surface area contributed by atoms with Crippen molar-refractivity contribution in [1.82, 2.24) is 4.90 Å². The van der Waals surface area contributed by atoms with Crippen molar-refractivity contribution in [3.05, 3.63) is 76.4 Å². The average Bonchev–Trinajstić information content (AvgIpc) is 3.44. The van der Waals surface area contributed by atoms with Crippen molar-refractivity contribution in [2.24, 2.45) is 11.7 Å². The maximum atomic E-state index is 13.0. The third kappa shape index (κ3) is 4.76. The number of rotatable bonds is 7. The standard InChI is InChI=1S/C29H32N2O3/c30-27(18-22-8-6-20-3-1-2-4-26(20)22)29(34)31-13-11-19(12-14-31)5-10-28(33)23-9-7-21-16-25(32)17-24(21)15-23/h1-4,7-9,15,19,27H,5-6,10-14,16-18,30H2/t27-/m0/s1. The third-order valence-corrected chi connectivity index (χ3v) is 7.70. The highest BCUT2D eigenvalue weighted by atomic mass is 16.2. The zero-order valence-corrected chi connectivity index (χ0v) is 19.6. The Kier molecular flexibility index (Phi) is 6.46. The molecule has 34 heavy (non-hydrogen) atoms. The van der Waals surface area contributed by atoms with Crippen molar-refractivity contribution in [2.45, 2.75) is 57.4 Å². The van der Waals surface area contributed by atoms with E-state index < -0.39 is 6.04 Å². The molecule has 0 bridgehead atoms. The van der Waals surface area contributed by atoms with Crippen LogP contribution in [0.15, 0.2) is 48.5 Å². The molecule has 0 radical (unpaired) electrons. The van der Waals surface area contributed by atoms with Crippen molar-refractivity contribution in [1.29, 1.82) is 0 Å². The summed E-state index contributed by atoms with van der Waals surface area (Å²) < 4.78 is 0. The van der Waals surface area contributed by atoms with E-state index in [9.17, 15) is 14.4 Å². The molecule has 5 heteroatoms. The number of carbonyl (C=O) groups excluding carboxylic acids is 3. The van der Waals surface area contributed by atoms with E-state index in [4.69, 9.17) is 5.73 Å². The summed E-state index contributed by atoms with van der Waals surface area (Å²) in [5, 5.41) is 0. The lowest BCUT2D eigenvalue weighted by atomic mass is 9.89. The molecule has 0 spiro atoms. The monoisotopic (exact) mass is 456 g/mol. The van der Waals surface area contributed by atoms with E-state index in [1.165, 1.54) is 16.7 Å². The number of hydrogen-bond acceptors (Lipinski definition) is 4. The van der Waals surface area contributed by atoms with Crippen LogP contribution in [0, 0.1) is 5.92 Å². The maximum absolute atomic E-state index is 13.0. The molecule has 176 valence electrons. The Bertz CT molecular complexity index is 1160. The largest absolute Gasteiger partial charge is 0.341 e. The number of hydrogen-bond donors (Lipinski definition) is 1. The van der Waals surface area contributed by atoms with Gasteiger partial charge in [0.2, 0.25) is 5.91 Å². The SMILES string of the molecule is N[C@@H](CC1=CCc2ccccc21)C(=O)N1CCC(CCC(=O)c2ccc3c(c2)CC(=O)C3)CC1. The van der Waals surface area contributed by atoms with Crippen molar-refractivity contribution in [2.75, 3.05) is 13.1 Å². The third-order valence-electron chi connectivity index (χ3n) is 7.70. The van der Waals surface area contributed by atoms with E-state index in [1.807, 2.05) is 35.2 Å². The Labute approximate surface area is 201 Å². The number of amides is 1. The van der Waals surface area contributed by atoms with Crippen LogP contribution in [0.1, 0.15) is 64.7 Å². The van der Waals surface area contributed by atoms with Crippen LogP contribution >= 0.6 is 0 Å². The van der Waals surface area contributed by atoms with Crippen LogP contribution in [0.5, 0.6) is 0 Å². The lowest BCUT2D eigenvalue weighted by Gasteiger charge is -2.33. The van der Waals surface area contributed by atoms with Crippen molar-refractivity contribution in [3.8, 4) is 0 Å². The first-order valence-corrected chi connectivity index (χ1v) is 12.5. The topological polar surface area (TPSA) is 80.5 Å². The number of allylic oxidation sites excluding steroid dienone is 1. The van der Waals surface area contributed by atoms with E-state index in [0.29, 0.717) is 44.7 Å². The van der Waals surface area contributed by atoms with Crippen molar-refractivity contribution in [3.63, 3.8) is 0 Å². The van der Waals surface area contributed by atoms with Gasteiger partial charge >= 0.3 is 0 Å². The Balaban J connectivity index is 1.08. The molecule has 2 aromatic carbocycles. The van der Waals surface area contributed by atoms with Crippen LogP contribution in [0.2, 0.25) is 0 Å². The summed E-state index contributed by atoms with van der Waals surface area (Å²) in [5.41, 5.74) is 12.8. The molecule has 1 aliphatic heterocycles. The minimum atomic E-state index is -0.512. The normalized spacial score (nSPS) is 18.4. The van der Waals surface area contributed by atoms with E-state index in [-0.39, 0.29) is 17.5 Å². The summed E-state index contributed by atoms with van der Waals surface area (Å²) in [7, 11) is 0. The van der Waals surface area contributed by atoms with Crippen LogP contribution in [-0.4, -0.2) is 41.5 Å². The maximum Gasteiger partial charge on any atom is 0.239 e. The molecule has 5 nitrogen and oxygen atoms in total. The molecular formula is C29H32N2O3. The van der Waals surface area contributed by atoms with Gasteiger partial charge in [0, 0.05) is 37.9 Å². The van der Waals surface area contributed by atoms with Gasteiger partial charge in [0.15, 0.2) is 5.78 Å². The Hall–Kier alpha value is -3.05. The second-order valence-electron chi connectivity index (χ2n) is 10.0. The number of benzene rings is 2. The van der Waals surface area contributed by atoms with E-state index in [2.05, 4.69) is 18.2 Å². The predicted octanol–water partition coefficient (Wildman–Crippen LogP) is 3.91. The highest BCUT2D eigenvalue weighted by Gasteiger charge is 2.28. The number of likely N-dealkylation sites (tertiary alicyclic amines) is 1. The minimum absolute atomic E-state index is 0.0347. The van der Waals surface area contributed by atoms with Crippen LogP contribution in [-0.2, 0) is 28.9 Å². The van der Waals surface area contributed by atoms with Gasteiger partial charge < -0.3 is 10.6 Å². The summed E-state index contributed by atoms with van der Waals surface area (Å²) in [6, 6.07) is 13.5. The van der Waals surface area contributed by atoms with Crippen LogP contribution in [0.25, 0.3) is 5.57 Å². The molecule has 1 heterocycles. The quantitative estimate of drug-likeness (QED) is 0.641. The Morgan fingerprint density at radius 1 is 1.00 bits per heavy atom. The fourth-order valence-electron chi connectivity index (χ4n) is 5.65. The van der Waals surface area contributed by atoms with Gasteiger partial charge in [-0.25, -0.2) is 0 Å². The van der Waals surface area contributed by atoms with Crippen LogP contribution < -0.4 is 5.73 Å². The van der Waals surface area contributed by atoms with Crippen LogP contribution in [0.4, 0.5) is 0 Å². The van der Waals surface area contributed by atoms with Crippen molar-refractivity contribution >= 4 is 23.0 Å². The summed E-state index contributed by atoms with van der Waals surface area (Å²) in [5.74, 6) is 0.857.